The van der Waals surface area contributed by atoms with Crippen LogP contribution in [0.25, 0.3) is 0 Å². The van der Waals surface area contributed by atoms with Crippen molar-refractivity contribution in [3.63, 3.8) is 0 Å². The molecule has 4 heteroatoms. The summed E-state index contributed by atoms with van der Waals surface area (Å²) in [6, 6.07) is 13.8. The van der Waals surface area contributed by atoms with Crippen LogP contribution in [0, 0.1) is 0 Å². The molecule has 0 saturated carbocycles. The Kier molecular flexibility index (Phi) is 5.32. The van der Waals surface area contributed by atoms with Crippen molar-refractivity contribution in [3.05, 3.63) is 58.1 Å². The molecule has 0 aromatic heterocycles. The molecule has 0 aliphatic carbocycles. The van der Waals surface area contributed by atoms with Crippen LogP contribution in [-0.4, -0.2) is 14.2 Å². The van der Waals surface area contributed by atoms with Crippen LogP contribution in [0.5, 0.6) is 11.5 Å². The molecule has 0 amide bonds. The van der Waals surface area contributed by atoms with Gasteiger partial charge in [-0.25, -0.2) is 0 Å². The van der Waals surface area contributed by atoms with E-state index in [1.807, 2.05) is 30.3 Å². The highest BCUT2D eigenvalue weighted by molar-refractivity contribution is 9.10. The van der Waals surface area contributed by atoms with Gasteiger partial charge < -0.3 is 9.47 Å². The van der Waals surface area contributed by atoms with Gasteiger partial charge in [0.15, 0.2) is 0 Å². The van der Waals surface area contributed by atoms with Crippen molar-refractivity contribution >= 4 is 27.5 Å². The molecule has 0 radical (unpaired) electrons. The molecule has 1 unspecified atom stereocenters. The van der Waals surface area contributed by atoms with E-state index in [0.29, 0.717) is 6.42 Å². The van der Waals surface area contributed by atoms with Gasteiger partial charge in [-0.1, -0.05) is 34.1 Å². The highest BCUT2D eigenvalue weighted by atomic mass is 79.9. The van der Waals surface area contributed by atoms with Gasteiger partial charge in [0.2, 0.25) is 0 Å². The molecule has 106 valence electrons. The van der Waals surface area contributed by atoms with Gasteiger partial charge in [0.05, 0.1) is 25.2 Å². The lowest BCUT2D eigenvalue weighted by Gasteiger charge is -2.17. The van der Waals surface area contributed by atoms with Gasteiger partial charge >= 0.3 is 0 Å². The fraction of sp³-hybridized carbons (Fsp3) is 0.250. The number of halogens is 2. The Balaban J connectivity index is 2.31. The van der Waals surface area contributed by atoms with Gasteiger partial charge in [-0.05, 0) is 36.2 Å². The first kappa shape index (κ1) is 15.2. The van der Waals surface area contributed by atoms with Crippen molar-refractivity contribution in [2.24, 2.45) is 0 Å². The molecule has 0 bridgehead atoms. The first-order valence-corrected chi connectivity index (χ1v) is 7.48. The topological polar surface area (TPSA) is 18.5 Å². The number of methoxy groups -OCH3 is 2. The molecular weight excluding hydrogens is 340 g/mol. The zero-order valence-corrected chi connectivity index (χ0v) is 13.7. The van der Waals surface area contributed by atoms with Crippen LogP contribution in [-0.2, 0) is 6.42 Å². The summed E-state index contributed by atoms with van der Waals surface area (Å²) < 4.78 is 11.8. The number of benzene rings is 2. The van der Waals surface area contributed by atoms with Crippen LogP contribution in [0.15, 0.2) is 46.9 Å². The first-order chi connectivity index (χ1) is 9.65. The van der Waals surface area contributed by atoms with E-state index in [-0.39, 0.29) is 5.38 Å². The molecule has 2 nitrogen and oxygen atoms in total. The number of rotatable bonds is 5. The predicted molar refractivity (Wildman–Crippen MR) is 86.0 cm³/mol. The monoisotopic (exact) mass is 354 g/mol. The van der Waals surface area contributed by atoms with Crippen molar-refractivity contribution in [2.75, 3.05) is 14.2 Å². The van der Waals surface area contributed by atoms with E-state index < -0.39 is 0 Å². The molecule has 0 spiro atoms. The minimum absolute atomic E-state index is 0.213. The van der Waals surface area contributed by atoms with Crippen LogP contribution in [0.1, 0.15) is 16.5 Å². The lowest BCUT2D eigenvalue weighted by atomic mass is 10.0. The molecule has 0 aliphatic heterocycles. The van der Waals surface area contributed by atoms with Gasteiger partial charge in [0.25, 0.3) is 0 Å². The molecule has 0 aliphatic rings. The van der Waals surface area contributed by atoms with E-state index in [4.69, 9.17) is 21.1 Å². The Morgan fingerprint density at radius 3 is 2.20 bits per heavy atom. The average molecular weight is 356 g/mol. The van der Waals surface area contributed by atoms with Gasteiger partial charge in [0, 0.05) is 4.47 Å². The molecule has 2 rings (SSSR count). The number of alkyl halides is 1. The Morgan fingerprint density at radius 2 is 1.65 bits per heavy atom. The minimum Gasteiger partial charge on any atom is -0.496 e. The van der Waals surface area contributed by atoms with Crippen molar-refractivity contribution in [1.29, 1.82) is 0 Å². The zero-order valence-electron chi connectivity index (χ0n) is 11.4. The Labute approximate surface area is 132 Å². The second-order valence-corrected chi connectivity index (χ2v) is 5.82. The molecule has 0 heterocycles. The summed E-state index contributed by atoms with van der Waals surface area (Å²) in [4.78, 5) is 0. The summed E-state index contributed by atoms with van der Waals surface area (Å²) >= 11 is 10.1. The molecule has 2 aromatic carbocycles. The first-order valence-electron chi connectivity index (χ1n) is 6.25. The summed E-state index contributed by atoms with van der Waals surface area (Å²) in [6.45, 7) is 0. The molecule has 0 fully saturated rings. The highest BCUT2D eigenvalue weighted by Gasteiger charge is 2.19. The SMILES string of the molecule is COc1cccc(OC)c1C(Cl)Cc1cccc(Br)c1. The summed E-state index contributed by atoms with van der Waals surface area (Å²) in [6.07, 6.45) is 0.706. The molecular formula is C16H16BrClO2. The quantitative estimate of drug-likeness (QED) is 0.704. The third kappa shape index (κ3) is 3.47. The lowest BCUT2D eigenvalue weighted by Crippen LogP contribution is -2.02. The Morgan fingerprint density at radius 1 is 1.05 bits per heavy atom. The number of hydrogen-bond acceptors (Lipinski definition) is 2. The summed E-state index contributed by atoms with van der Waals surface area (Å²) in [5, 5.41) is -0.213. The predicted octanol–water partition coefficient (Wildman–Crippen LogP) is 4.99. The summed E-state index contributed by atoms with van der Waals surface area (Å²) in [5.74, 6) is 1.50. The zero-order chi connectivity index (χ0) is 14.5. The lowest BCUT2D eigenvalue weighted by molar-refractivity contribution is 0.384. The van der Waals surface area contributed by atoms with Crippen LogP contribution in [0.4, 0.5) is 0 Å². The smallest absolute Gasteiger partial charge is 0.127 e. The largest absolute Gasteiger partial charge is 0.496 e. The summed E-state index contributed by atoms with van der Waals surface area (Å²) in [5.41, 5.74) is 2.05. The molecule has 20 heavy (non-hydrogen) atoms. The molecule has 2 aromatic rings. The van der Waals surface area contributed by atoms with Gasteiger partial charge in [0.1, 0.15) is 11.5 Å². The van der Waals surface area contributed by atoms with Crippen LogP contribution < -0.4 is 9.47 Å². The molecule has 0 N–H and O–H groups in total. The maximum atomic E-state index is 6.59. The molecule has 1 atom stereocenters. The fourth-order valence-electron chi connectivity index (χ4n) is 2.16. The standard InChI is InChI=1S/C16H16BrClO2/c1-19-14-7-4-8-15(20-2)16(14)13(18)10-11-5-3-6-12(17)9-11/h3-9,13H,10H2,1-2H3. The third-order valence-corrected chi connectivity index (χ3v) is 3.95. The average Bonchev–Trinajstić information content (AvgIpc) is 2.46. The van der Waals surface area contributed by atoms with Crippen molar-refractivity contribution in [2.45, 2.75) is 11.8 Å². The third-order valence-electron chi connectivity index (χ3n) is 3.08. The van der Waals surface area contributed by atoms with Gasteiger partial charge in [-0.3, -0.25) is 0 Å². The van der Waals surface area contributed by atoms with Crippen LogP contribution in [0.2, 0.25) is 0 Å². The van der Waals surface area contributed by atoms with E-state index in [2.05, 4.69) is 28.1 Å². The van der Waals surface area contributed by atoms with Gasteiger partial charge in [-0.15, -0.1) is 11.6 Å². The second kappa shape index (κ2) is 7.00. The fourth-order valence-corrected chi connectivity index (χ4v) is 3.00. The maximum absolute atomic E-state index is 6.59. The minimum atomic E-state index is -0.213. The van der Waals surface area contributed by atoms with Crippen molar-refractivity contribution in [1.82, 2.24) is 0 Å². The Hall–Kier alpha value is -1.19. The van der Waals surface area contributed by atoms with Crippen LogP contribution in [0.3, 0.4) is 0 Å². The van der Waals surface area contributed by atoms with Crippen molar-refractivity contribution < 1.29 is 9.47 Å². The number of ether oxygens (including phenoxy) is 2. The van der Waals surface area contributed by atoms with E-state index >= 15 is 0 Å². The Bertz CT molecular complexity index is 564. The van der Waals surface area contributed by atoms with E-state index in [1.165, 1.54) is 0 Å². The van der Waals surface area contributed by atoms with E-state index in [1.54, 1.807) is 14.2 Å². The number of hydrogen-bond donors (Lipinski definition) is 0. The normalized spacial score (nSPS) is 12.0. The second-order valence-electron chi connectivity index (χ2n) is 4.38. The van der Waals surface area contributed by atoms with E-state index in [0.717, 1.165) is 27.1 Å². The summed E-state index contributed by atoms with van der Waals surface area (Å²) in [7, 11) is 3.28. The van der Waals surface area contributed by atoms with Gasteiger partial charge in [-0.2, -0.15) is 0 Å². The van der Waals surface area contributed by atoms with Crippen LogP contribution >= 0.6 is 27.5 Å². The highest BCUT2D eigenvalue weighted by Crippen LogP contribution is 2.39. The van der Waals surface area contributed by atoms with E-state index in [9.17, 15) is 0 Å². The molecule has 0 saturated heterocycles. The maximum Gasteiger partial charge on any atom is 0.127 e. The van der Waals surface area contributed by atoms with Crippen molar-refractivity contribution in [3.8, 4) is 11.5 Å².